The van der Waals surface area contributed by atoms with E-state index in [0.717, 1.165) is 4.48 Å². The number of ether oxygens (including phenoxy) is 1. The summed E-state index contributed by atoms with van der Waals surface area (Å²) >= 11 is 3.12. The average Bonchev–Trinajstić information content (AvgIpc) is 1.97. The van der Waals surface area contributed by atoms with E-state index in [-0.39, 0.29) is 12.5 Å². The van der Waals surface area contributed by atoms with E-state index in [2.05, 4.69) is 27.8 Å². The highest BCUT2D eigenvalue weighted by molar-refractivity contribution is 9.11. The van der Waals surface area contributed by atoms with Crippen molar-refractivity contribution in [1.29, 1.82) is 0 Å². The van der Waals surface area contributed by atoms with Crippen LogP contribution in [-0.4, -0.2) is 25.7 Å². The van der Waals surface area contributed by atoms with E-state index in [4.69, 9.17) is 4.74 Å². The van der Waals surface area contributed by atoms with Gasteiger partial charge in [-0.05, 0) is 6.92 Å². The van der Waals surface area contributed by atoms with Gasteiger partial charge in [0.15, 0.2) is 0 Å². The van der Waals surface area contributed by atoms with Gasteiger partial charge in [-0.25, -0.2) is 0 Å². The van der Waals surface area contributed by atoms with Crippen molar-refractivity contribution in [1.82, 2.24) is 5.32 Å². The summed E-state index contributed by atoms with van der Waals surface area (Å²) in [4.78, 5) is 10.8. The van der Waals surface area contributed by atoms with Crippen LogP contribution in [0.15, 0.2) is 11.1 Å². The minimum absolute atomic E-state index is 0.118. The van der Waals surface area contributed by atoms with Crippen LogP contribution in [0.4, 0.5) is 0 Å². The zero-order valence-corrected chi connectivity index (χ0v) is 8.11. The van der Waals surface area contributed by atoms with Crippen LogP contribution in [0.5, 0.6) is 0 Å². The maximum Gasteiger partial charge on any atom is 0.246 e. The van der Waals surface area contributed by atoms with Crippen molar-refractivity contribution in [2.75, 3.05) is 19.8 Å². The molecule has 0 heterocycles. The van der Waals surface area contributed by atoms with E-state index in [0.29, 0.717) is 13.2 Å². The van der Waals surface area contributed by atoms with Crippen molar-refractivity contribution in [3.8, 4) is 0 Å². The summed E-state index contributed by atoms with van der Waals surface area (Å²) in [5, 5.41) is 2.61. The van der Waals surface area contributed by atoms with Crippen LogP contribution in [0.1, 0.15) is 6.92 Å². The molecule has 4 heteroatoms. The monoisotopic (exact) mass is 221 g/mol. The van der Waals surface area contributed by atoms with Gasteiger partial charge >= 0.3 is 0 Å². The SMILES string of the molecule is C=C(Br)CNC(=O)COCC. The summed E-state index contributed by atoms with van der Waals surface area (Å²) in [6, 6.07) is 0. The van der Waals surface area contributed by atoms with Gasteiger partial charge in [0.05, 0.1) is 0 Å². The van der Waals surface area contributed by atoms with Crippen LogP contribution in [0.25, 0.3) is 0 Å². The van der Waals surface area contributed by atoms with Crippen LogP contribution in [0, 0.1) is 0 Å². The maximum absolute atomic E-state index is 10.8. The fourth-order valence-corrected chi connectivity index (χ4v) is 0.580. The normalized spacial score (nSPS) is 9.27. The van der Waals surface area contributed by atoms with Crippen LogP contribution < -0.4 is 5.32 Å². The number of amides is 1. The standard InChI is InChI=1S/C7H12BrNO2/c1-3-11-5-7(10)9-4-6(2)8/h2-5H2,1H3,(H,9,10). The van der Waals surface area contributed by atoms with Crippen molar-refractivity contribution < 1.29 is 9.53 Å². The molecule has 1 amide bonds. The molecular formula is C7H12BrNO2. The molecule has 0 aliphatic carbocycles. The van der Waals surface area contributed by atoms with E-state index >= 15 is 0 Å². The van der Waals surface area contributed by atoms with Crippen molar-refractivity contribution in [2.45, 2.75) is 6.92 Å². The predicted octanol–water partition coefficient (Wildman–Crippen LogP) is 1.05. The Morgan fingerprint density at radius 2 is 2.36 bits per heavy atom. The lowest BCUT2D eigenvalue weighted by Gasteiger charge is -2.02. The lowest BCUT2D eigenvalue weighted by atomic mass is 10.5. The highest BCUT2D eigenvalue weighted by atomic mass is 79.9. The number of hydrogen-bond acceptors (Lipinski definition) is 2. The molecule has 0 unspecified atom stereocenters. The third kappa shape index (κ3) is 7.55. The van der Waals surface area contributed by atoms with Gasteiger partial charge in [0.2, 0.25) is 5.91 Å². The number of carbonyl (C=O) groups is 1. The number of carbonyl (C=O) groups excluding carboxylic acids is 1. The zero-order valence-electron chi connectivity index (χ0n) is 6.52. The first-order valence-electron chi connectivity index (χ1n) is 3.34. The third-order valence-corrected chi connectivity index (χ3v) is 1.20. The minimum atomic E-state index is -0.118. The number of hydrogen-bond donors (Lipinski definition) is 1. The molecule has 0 aliphatic rings. The maximum atomic E-state index is 10.8. The molecule has 0 radical (unpaired) electrons. The first-order chi connectivity index (χ1) is 5.16. The van der Waals surface area contributed by atoms with Crippen molar-refractivity contribution >= 4 is 21.8 Å². The summed E-state index contributed by atoms with van der Waals surface area (Å²) in [6.07, 6.45) is 0. The van der Waals surface area contributed by atoms with Crippen molar-refractivity contribution in [3.05, 3.63) is 11.1 Å². The molecule has 0 aromatic carbocycles. The summed E-state index contributed by atoms with van der Waals surface area (Å²) in [5.41, 5.74) is 0. The van der Waals surface area contributed by atoms with E-state index in [1.54, 1.807) is 0 Å². The molecule has 0 fully saturated rings. The Morgan fingerprint density at radius 1 is 1.73 bits per heavy atom. The van der Waals surface area contributed by atoms with E-state index < -0.39 is 0 Å². The molecule has 0 aliphatic heterocycles. The highest BCUT2D eigenvalue weighted by Crippen LogP contribution is 1.96. The second kappa shape index (κ2) is 6.37. The predicted molar refractivity (Wildman–Crippen MR) is 47.6 cm³/mol. The minimum Gasteiger partial charge on any atom is -0.372 e. The lowest BCUT2D eigenvalue weighted by molar-refractivity contribution is -0.125. The van der Waals surface area contributed by atoms with Crippen molar-refractivity contribution in [2.24, 2.45) is 0 Å². The van der Waals surface area contributed by atoms with Crippen LogP contribution in [-0.2, 0) is 9.53 Å². The second-order valence-electron chi connectivity index (χ2n) is 1.93. The van der Waals surface area contributed by atoms with Crippen LogP contribution in [0.2, 0.25) is 0 Å². The summed E-state index contributed by atoms with van der Waals surface area (Å²) in [5.74, 6) is -0.118. The average molecular weight is 222 g/mol. The third-order valence-electron chi connectivity index (χ3n) is 0.915. The molecule has 0 rings (SSSR count). The molecular weight excluding hydrogens is 210 g/mol. The van der Waals surface area contributed by atoms with Gasteiger partial charge in [0.1, 0.15) is 6.61 Å². The zero-order chi connectivity index (χ0) is 8.69. The Morgan fingerprint density at radius 3 is 2.82 bits per heavy atom. The fraction of sp³-hybridized carbons (Fsp3) is 0.571. The largest absolute Gasteiger partial charge is 0.372 e. The molecule has 0 saturated heterocycles. The Bertz CT molecular complexity index is 147. The van der Waals surface area contributed by atoms with Gasteiger partial charge in [-0.1, -0.05) is 22.5 Å². The van der Waals surface area contributed by atoms with Crippen molar-refractivity contribution in [3.63, 3.8) is 0 Å². The Balaban J connectivity index is 3.30. The van der Waals surface area contributed by atoms with Gasteiger partial charge in [-0.2, -0.15) is 0 Å². The molecule has 0 spiro atoms. The molecule has 0 aromatic rings. The fourth-order valence-electron chi connectivity index (χ4n) is 0.440. The van der Waals surface area contributed by atoms with E-state index in [1.807, 2.05) is 6.92 Å². The molecule has 64 valence electrons. The molecule has 1 N–H and O–H groups in total. The van der Waals surface area contributed by atoms with Gasteiger partial charge in [0.25, 0.3) is 0 Å². The van der Waals surface area contributed by atoms with Gasteiger partial charge < -0.3 is 10.1 Å². The molecule has 0 aromatic heterocycles. The molecule has 3 nitrogen and oxygen atoms in total. The smallest absolute Gasteiger partial charge is 0.246 e. The molecule has 0 bridgehead atoms. The van der Waals surface area contributed by atoms with Crippen LogP contribution >= 0.6 is 15.9 Å². The summed E-state index contributed by atoms with van der Waals surface area (Å²) in [6.45, 7) is 6.54. The molecule has 0 saturated carbocycles. The van der Waals surface area contributed by atoms with Gasteiger partial charge in [0, 0.05) is 17.6 Å². The number of halogens is 1. The van der Waals surface area contributed by atoms with E-state index in [9.17, 15) is 4.79 Å². The highest BCUT2D eigenvalue weighted by Gasteiger charge is 1.98. The quantitative estimate of drug-likeness (QED) is 0.754. The van der Waals surface area contributed by atoms with Gasteiger partial charge in [-0.15, -0.1) is 0 Å². The van der Waals surface area contributed by atoms with Crippen LogP contribution in [0.3, 0.4) is 0 Å². The summed E-state index contributed by atoms with van der Waals surface area (Å²) in [7, 11) is 0. The topological polar surface area (TPSA) is 38.3 Å². The second-order valence-corrected chi connectivity index (χ2v) is 3.05. The number of nitrogens with one attached hydrogen (secondary N) is 1. The van der Waals surface area contributed by atoms with E-state index in [1.165, 1.54) is 0 Å². The summed E-state index contributed by atoms with van der Waals surface area (Å²) < 4.78 is 5.62. The molecule has 0 atom stereocenters. The number of rotatable bonds is 5. The first-order valence-corrected chi connectivity index (χ1v) is 4.13. The van der Waals surface area contributed by atoms with Gasteiger partial charge in [-0.3, -0.25) is 4.79 Å². The molecule has 11 heavy (non-hydrogen) atoms. The Hall–Kier alpha value is -0.350. The lowest BCUT2D eigenvalue weighted by Crippen LogP contribution is -2.28. The first kappa shape index (κ1) is 10.7. The Labute approximate surface area is 74.9 Å². The Kier molecular flexibility index (Phi) is 6.16.